The maximum Gasteiger partial charge on any atom is 0.261 e. The van der Waals surface area contributed by atoms with Crippen molar-refractivity contribution in [2.24, 2.45) is 5.92 Å². The molecule has 4 aromatic rings. The number of hydrogen-bond acceptors (Lipinski definition) is 5. The van der Waals surface area contributed by atoms with Gasteiger partial charge in [-0.2, -0.15) is 5.26 Å². The van der Waals surface area contributed by atoms with E-state index in [1.54, 1.807) is 19.1 Å². The van der Waals surface area contributed by atoms with E-state index in [2.05, 4.69) is 4.98 Å². The zero-order chi connectivity index (χ0) is 25.4. The number of aryl methyl sites for hydroxylation is 1. The Labute approximate surface area is 207 Å². The molecule has 0 saturated heterocycles. The van der Waals surface area contributed by atoms with Crippen LogP contribution in [0.3, 0.4) is 0 Å². The molecule has 1 aromatic heterocycles. The first-order valence-corrected chi connectivity index (χ1v) is 11.5. The second kappa shape index (κ2) is 9.08. The number of rotatable bonds is 7. The Bertz CT molecular complexity index is 1590. The molecule has 1 aliphatic rings. The van der Waals surface area contributed by atoms with Crippen LogP contribution in [-0.4, -0.2) is 39.8 Å². The predicted molar refractivity (Wildman–Crippen MR) is 133 cm³/mol. The summed E-state index contributed by atoms with van der Waals surface area (Å²) in [5.41, 5.74) is 2.94. The van der Waals surface area contributed by atoms with Crippen LogP contribution >= 0.6 is 0 Å². The van der Waals surface area contributed by atoms with Crippen molar-refractivity contribution in [3.63, 3.8) is 0 Å². The summed E-state index contributed by atoms with van der Waals surface area (Å²) < 4.78 is 0. The van der Waals surface area contributed by atoms with E-state index >= 15 is 0 Å². The average Bonchev–Trinajstić information content (AvgIpc) is 3.35. The molecule has 0 aliphatic carbocycles. The Morgan fingerprint density at radius 2 is 1.61 bits per heavy atom. The number of aromatic nitrogens is 1. The van der Waals surface area contributed by atoms with Crippen LogP contribution in [0.2, 0.25) is 0 Å². The average molecular weight is 476 g/mol. The largest absolute Gasteiger partial charge is 0.358 e. The topological polar surface area (TPSA) is 111 Å². The lowest BCUT2D eigenvalue weighted by atomic mass is 9.89. The van der Waals surface area contributed by atoms with Gasteiger partial charge in [0.1, 0.15) is 0 Å². The van der Waals surface area contributed by atoms with Gasteiger partial charge in [-0.25, -0.2) is 0 Å². The maximum atomic E-state index is 13.3. The van der Waals surface area contributed by atoms with Gasteiger partial charge in [-0.05, 0) is 37.1 Å². The minimum absolute atomic E-state index is 0.0391. The highest BCUT2D eigenvalue weighted by molar-refractivity contribution is 6.24. The van der Waals surface area contributed by atoms with E-state index in [9.17, 15) is 24.4 Å². The number of para-hydroxylation sites is 1. The zero-order valence-electron chi connectivity index (χ0n) is 19.4. The van der Waals surface area contributed by atoms with Gasteiger partial charge in [-0.1, -0.05) is 54.6 Å². The van der Waals surface area contributed by atoms with E-state index in [4.69, 9.17) is 0 Å². The summed E-state index contributed by atoms with van der Waals surface area (Å²) in [5, 5.41) is 10.4. The number of carbonyl (C=O) groups is 4. The molecule has 36 heavy (non-hydrogen) atoms. The summed E-state index contributed by atoms with van der Waals surface area (Å²) in [5.74, 6) is -3.81. The van der Waals surface area contributed by atoms with Gasteiger partial charge in [-0.3, -0.25) is 24.1 Å². The summed E-state index contributed by atoms with van der Waals surface area (Å²) in [6.45, 7) is 1.93. The standard InChI is InChI=1S/C29H21N3O4/c1-17-25(21-9-5-6-10-24(21)31-17)27(34)23(16-30)26(33)19-11-12-20-22(15-19)29(36)32(28(20)35)14-13-18-7-3-2-4-8-18/h2-12,15,23,31H,13-14H2,1H3. The minimum atomic E-state index is -1.58. The SMILES string of the molecule is Cc1[nH]c2ccccc2c1C(=O)C(C#N)C(=O)c1ccc2c(c1)C(=O)N(CCc1ccccc1)C2=O. The molecular formula is C29H21N3O4. The molecule has 0 spiro atoms. The number of hydrogen-bond donors (Lipinski definition) is 1. The Balaban J connectivity index is 1.41. The van der Waals surface area contributed by atoms with Gasteiger partial charge in [-0.15, -0.1) is 0 Å². The van der Waals surface area contributed by atoms with E-state index in [1.807, 2.05) is 48.5 Å². The molecule has 1 N–H and O–H groups in total. The number of H-pyrrole nitrogens is 1. The van der Waals surface area contributed by atoms with E-state index in [0.717, 1.165) is 16.0 Å². The fourth-order valence-corrected chi connectivity index (χ4v) is 4.67. The van der Waals surface area contributed by atoms with Gasteiger partial charge in [0.05, 0.1) is 17.2 Å². The van der Waals surface area contributed by atoms with E-state index in [-0.39, 0.29) is 23.2 Å². The number of Topliss-reactive ketones (excluding diaryl/α,β-unsaturated/α-hetero) is 2. The normalized spacial score (nSPS) is 13.5. The smallest absolute Gasteiger partial charge is 0.261 e. The third kappa shape index (κ3) is 3.79. The fraction of sp³-hybridized carbons (Fsp3) is 0.138. The van der Waals surface area contributed by atoms with Crippen molar-refractivity contribution in [3.05, 3.63) is 106 Å². The van der Waals surface area contributed by atoms with Crippen LogP contribution in [0.1, 0.15) is 52.7 Å². The van der Waals surface area contributed by atoms with Gasteiger partial charge in [0.25, 0.3) is 11.8 Å². The molecule has 1 aliphatic heterocycles. The van der Waals surface area contributed by atoms with Gasteiger partial charge in [0, 0.05) is 34.3 Å². The van der Waals surface area contributed by atoms with E-state index in [1.165, 1.54) is 18.2 Å². The second-order valence-corrected chi connectivity index (χ2v) is 8.72. The number of aromatic amines is 1. The molecule has 0 saturated carbocycles. The molecule has 7 heteroatoms. The Morgan fingerprint density at radius 1 is 0.917 bits per heavy atom. The quantitative estimate of drug-likeness (QED) is 0.240. The molecule has 0 fully saturated rings. The van der Waals surface area contributed by atoms with Gasteiger partial charge >= 0.3 is 0 Å². The first-order valence-electron chi connectivity index (χ1n) is 11.5. The van der Waals surface area contributed by atoms with Gasteiger partial charge in [0.15, 0.2) is 17.5 Å². The molecule has 1 unspecified atom stereocenters. The summed E-state index contributed by atoms with van der Waals surface area (Å²) in [7, 11) is 0. The van der Waals surface area contributed by atoms with Crippen molar-refractivity contribution in [1.29, 1.82) is 5.26 Å². The van der Waals surface area contributed by atoms with Crippen LogP contribution in [0, 0.1) is 24.2 Å². The highest BCUT2D eigenvalue weighted by Crippen LogP contribution is 2.28. The second-order valence-electron chi connectivity index (χ2n) is 8.72. The third-order valence-corrected chi connectivity index (χ3v) is 6.52. The number of imide groups is 1. The van der Waals surface area contributed by atoms with Crippen molar-refractivity contribution in [2.45, 2.75) is 13.3 Å². The number of benzene rings is 3. The summed E-state index contributed by atoms with van der Waals surface area (Å²) in [4.78, 5) is 56.7. The Morgan fingerprint density at radius 3 is 2.36 bits per heavy atom. The summed E-state index contributed by atoms with van der Waals surface area (Å²) in [6.07, 6.45) is 0.507. The number of amides is 2. The van der Waals surface area contributed by atoms with Crippen LogP contribution in [0.25, 0.3) is 10.9 Å². The van der Waals surface area contributed by atoms with Crippen molar-refractivity contribution in [3.8, 4) is 6.07 Å². The molecule has 176 valence electrons. The van der Waals surface area contributed by atoms with Gasteiger partial charge in [0.2, 0.25) is 0 Å². The molecule has 2 amide bonds. The first-order chi connectivity index (χ1) is 17.4. The van der Waals surface area contributed by atoms with E-state index in [0.29, 0.717) is 23.1 Å². The van der Waals surface area contributed by atoms with Crippen molar-refractivity contribution < 1.29 is 19.2 Å². The predicted octanol–water partition coefficient (Wildman–Crippen LogP) is 4.52. The fourth-order valence-electron chi connectivity index (χ4n) is 4.67. The number of carbonyl (C=O) groups excluding carboxylic acids is 4. The maximum absolute atomic E-state index is 13.3. The molecular weight excluding hydrogens is 454 g/mol. The Hall–Kier alpha value is -4.83. The van der Waals surface area contributed by atoms with Crippen LogP contribution in [0.15, 0.2) is 72.8 Å². The highest BCUT2D eigenvalue weighted by Gasteiger charge is 2.37. The lowest BCUT2D eigenvalue weighted by Gasteiger charge is -2.13. The van der Waals surface area contributed by atoms with Crippen molar-refractivity contribution in [1.82, 2.24) is 9.88 Å². The summed E-state index contributed by atoms with van der Waals surface area (Å²) in [6, 6.07) is 22.7. The number of nitriles is 1. The lowest BCUT2D eigenvalue weighted by Crippen LogP contribution is -2.31. The monoisotopic (exact) mass is 475 g/mol. The van der Waals surface area contributed by atoms with Crippen molar-refractivity contribution in [2.75, 3.05) is 6.54 Å². The molecule has 7 nitrogen and oxygen atoms in total. The number of nitrogens with one attached hydrogen (secondary N) is 1. The van der Waals surface area contributed by atoms with Crippen LogP contribution in [0.5, 0.6) is 0 Å². The molecule has 1 atom stereocenters. The Kier molecular flexibility index (Phi) is 5.79. The molecule has 0 radical (unpaired) electrons. The molecule has 5 rings (SSSR count). The van der Waals surface area contributed by atoms with Gasteiger partial charge < -0.3 is 4.98 Å². The lowest BCUT2D eigenvalue weighted by molar-refractivity contribution is 0.0655. The first kappa shape index (κ1) is 22.9. The summed E-state index contributed by atoms with van der Waals surface area (Å²) >= 11 is 0. The number of fused-ring (bicyclic) bond motifs is 2. The number of ketones is 2. The van der Waals surface area contributed by atoms with Crippen LogP contribution in [-0.2, 0) is 6.42 Å². The molecule has 3 aromatic carbocycles. The van der Waals surface area contributed by atoms with Crippen molar-refractivity contribution >= 4 is 34.3 Å². The number of nitrogens with zero attached hydrogens (tertiary/aromatic N) is 2. The zero-order valence-corrected chi connectivity index (χ0v) is 19.4. The molecule has 2 heterocycles. The third-order valence-electron chi connectivity index (χ3n) is 6.52. The molecule has 0 bridgehead atoms. The van der Waals surface area contributed by atoms with Crippen LogP contribution in [0.4, 0.5) is 0 Å². The minimum Gasteiger partial charge on any atom is -0.358 e. The highest BCUT2D eigenvalue weighted by atomic mass is 16.2. The van der Waals surface area contributed by atoms with E-state index < -0.39 is 29.3 Å². The van der Waals surface area contributed by atoms with Crippen LogP contribution < -0.4 is 0 Å².